The van der Waals surface area contributed by atoms with E-state index < -0.39 is 15.0 Å². The molecule has 0 N–H and O–H groups in total. The van der Waals surface area contributed by atoms with Gasteiger partial charge in [0, 0.05) is 12.1 Å². The fourth-order valence-corrected chi connectivity index (χ4v) is 2.65. The minimum absolute atomic E-state index is 0.211. The van der Waals surface area contributed by atoms with E-state index in [1.165, 1.54) is 12.2 Å². The number of benzene rings is 1. The van der Waals surface area contributed by atoms with Crippen LogP contribution in [0.15, 0.2) is 57.6 Å². The van der Waals surface area contributed by atoms with Gasteiger partial charge in [0.15, 0.2) is 5.78 Å². The number of rotatable bonds is 4. The number of carbonyl (C=O) groups excluding carboxylic acids is 1. The van der Waals surface area contributed by atoms with E-state index >= 15 is 0 Å². The Morgan fingerprint density at radius 2 is 1.61 bits per heavy atom. The Kier molecular flexibility index (Phi) is 4.41. The van der Waals surface area contributed by atoms with Crippen molar-refractivity contribution in [3.05, 3.63) is 57.7 Å². The fraction of sp³-hybridized carbons (Fsp3) is 0.143. The molecule has 0 spiro atoms. The Morgan fingerprint density at radius 1 is 1.09 bits per heavy atom. The zero-order valence-electron chi connectivity index (χ0n) is 12.2. The molecule has 1 aromatic carbocycles. The number of nitro groups is 1. The van der Waals surface area contributed by atoms with Crippen LogP contribution in [0.1, 0.15) is 13.8 Å². The quantitative estimate of drug-likeness (QED) is 0.472. The summed E-state index contributed by atoms with van der Waals surface area (Å²) >= 11 is 0. The van der Waals surface area contributed by atoms with E-state index in [0.29, 0.717) is 11.1 Å². The number of oxime groups is 1. The van der Waals surface area contributed by atoms with Gasteiger partial charge < -0.3 is 0 Å². The highest BCUT2D eigenvalue weighted by molar-refractivity contribution is 7.86. The van der Waals surface area contributed by atoms with Crippen LogP contribution < -0.4 is 0 Å². The summed E-state index contributed by atoms with van der Waals surface area (Å²) in [5.74, 6) is -0.211. The summed E-state index contributed by atoms with van der Waals surface area (Å²) < 4.78 is 28.7. The molecule has 0 heterocycles. The van der Waals surface area contributed by atoms with Gasteiger partial charge >= 0.3 is 10.1 Å². The molecule has 8 nitrogen and oxygen atoms in total. The van der Waals surface area contributed by atoms with E-state index in [4.69, 9.17) is 0 Å². The Bertz CT molecular complexity index is 839. The highest BCUT2D eigenvalue weighted by Crippen LogP contribution is 2.19. The lowest BCUT2D eigenvalue weighted by atomic mass is 9.98. The molecule has 0 saturated heterocycles. The van der Waals surface area contributed by atoms with Gasteiger partial charge in [0.25, 0.3) is 5.69 Å². The predicted octanol–water partition coefficient (Wildman–Crippen LogP) is 2.13. The van der Waals surface area contributed by atoms with Crippen molar-refractivity contribution in [2.45, 2.75) is 18.7 Å². The summed E-state index contributed by atoms with van der Waals surface area (Å²) in [6.45, 7) is 3.21. The van der Waals surface area contributed by atoms with Crippen molar-refractivity contribution in [3.63, 3.8) is 0 Å². The molecule has 0 aliphatic heterocycles. The number of nitro benzene ring substituents is 1. The van der Waals surface area contributed by atoms with Gasteiger partial charge in [-0.2, -0.15) is 8.42 Å². The Labute approximate surface area is 132 Å². The monoisotopic (exact) mass is 336 g/mol. The molecule has 1 aromatic rings. The minimum Gasteiger partial charge on any atom is -0.290 e. The SMILES string of the molecule is CC1=CC(=O)C=C(C)C1=NOS(=O)(=O)c1ccc([N+](=O)[O-])cc1. The smallest absolute Gasteiger partial charge is 0.290 e. The summed E-state index contributed by atoms with van der Waals surface area (Å²) in [7, 11) is -4.21. The third-order valence-electron chi connectivity index (χ3n) is 3.03. The van der Waals surface area contributed by atoms with Gasteiger partial charge in [-0.1, -0.05) is 5.16 Å². The van der Waals surface area contributed by atoms with Gasteiger partial charge in [-0.3, -0.25) is 19.2 Å². The molecular formula is C14H12N2O6S. The first-order chi connectivity index (χ1) is 10.7. The van der Waals surface area contributed by atoms with Crippen molar-refractivity contribution in [2.24, 2.45) is 5.16 Å². The molecule has 0 radical (unpaired) electrons. The van der Waals surface area contributed by atoms with Crippen molar-refractivity contribution >= 4 is 27.3 Å². The molecule has 23 heavy (non-hydrogen) atoms. The van der Waals surface area contributed by atoms with Crippen LogP contribution in [0.2, 0.25) is 0 Å². The number of hydrogen-bond acceptors (Lipinski definition) is 7. The molecule has 120 valence electrons. The third-order valence-corrected chi connectivity index (χ3v) is 4.15. The van der Waals surface area contributed by atoms with Gasteiger partial charge in [-0.25, -0.2) is 0 Å². The van der Waals surface area contributed by atoms with E-state index in [1.807, 2.05) is 0 Å². The Balaban J connectivity index is 2.27. The maximum absolute atomic E-state index is 12.0. The highest BCUT2D eigenvalue weighted by Gasteiger charge is 2.20. The van der Waals surface area contributed by atoms with E-state index in [9.17, 15) is 23.3 Å². The van der Waals surface area contributed by atoms with Crippen molar-refractivity contribution in [3.8, 4) is 0 Å². The molecule has 0 saturated carbocycles. The van der Waals surface area contributed by atoms with Crippen LogP contribution in [0.5, 0.6) is 0 Å². The van der Waals surface area contributed by atoms with Crippen LogP contribution in [0, 0.1) is 10.1 Å². The normalized spacial score (nSPS) is 14.9. The zero-order valence-corrected chi connectivity index (χ0v) is 13.0. The van der Waals surface area contributed by atoms with Crippen LogP contribution in [0.4, 0.5) is 5.69 Å². The fourth-order valence-electron chi connectivity index (χ4n) is 1.92. The maximum Gasteiger partial charge on any atom is 0.358 e. The summed E-state index contributed by atoms with van der Waals surface area (Å²) in [6, 6.07) is 4.23. The van der Waals surface area contributed by atoms with E-state index in [0.717, 1.165) is 24.3 Å². The third kappa shape index (κ3) is 3.69. The van der Waals surface area contributed by atoms with Gasteiger partial charge in [-0.15, -0.1) is 0 Å². The predicted molar refractivity (Wildman–Crippen MR) is 81.3 cm³/mol. The second kappa shape index (κ2) is 6.13. The van der Waals surface area contributed by atoms with Crippen LogP contribution in [0.3, 0.4) is 0 Å². The molecule has 1 aliphatic carbocycles. The first kappa shape index (κ1) is 16.6. The topological polar surface area (TPSA) is 116 Å². The molecule has 1 aliphatic rings. The van der Waals surface area contributed by atoms with E-state index in [1.54, 1.807) is 13.8 Å². The Hall–Kier alpha value is -2.81. The van der Waals surface area contributed by atoms with Crippen molar-refractivity contribution < 1.29 is 22.4 Å². The van der Waals surface area contributed by atoms with Gasteiger partial charge in [0.05, 0.1) is 4.92 Å². The number of carbonyl (C=O) groups is 1. The second-order valence-electron chi connectivity index (χ2n) is 4.78. The lowest BCUT2D eigenvalue weighted by molar-refractivity contribution is -0.384. The van der Waals surface area contributed by atoms with Crippen molar-refractivity contribution in [2.75, 3.05) is 0 Å². The van der Waals surface area contributed by atoms with E-state index in [2.05, 4.69) is 9.44 Å². The number of hydrogen-bond donors (Lipinski definition) is 0. The summed E-state index contributed by atoms with van der Waals surface area (Å²) in [5, 5.41) is 14.1. The van der Waals surface area contributed by atoms with Gasteiger partial charge in [-0.05, 0) is 49.3 Å². The number of ketones is 1. The second-order valence-corrected chi connectivity index (χ2v) is 6.31. The molecule has 0 amide bonds. The van der Waals surface area contributed by atoms with Crippen LogP contribution in [-0.4, -0.2) is 24.8 Å². The highest BCUT2D eigenvalue weighted by atomic mass is 32.2. The van der Waals surface area contributed by atoms with Crippen LogP contribution in [-0.2, 0) is 19.2 Å². The summed E-state index contributed by atoms with van der Waals surface area (Å²) in [6.07, 6.45) is 2.63. The van der Waals surface area contributed by atoms with Gasteiger partial charge in [0.1, 0.15) is 10.6 Å². The number of allylic oxidation sites excluding steroid dienone is 4. The molecule has 0 fully saturated rings. The average Bonchev–Trinajstić information content (AvgIpc) is 2.46. The number of non-ortho nitro benzene ring substituents is 1. The summed E-state index contributed by atoms with van der Waals surface area (Å²) in [5.41, 5.74) is 0.969. The molecule has 0 aromatic heterocycles. The van der Waals surface area contributed by atoms with Crippen molar-refractivity contribution in [1.29, 1.82) is 0 Å². The van der Waals surface area contributed by atoms with Crippen LogP contribution >= 0.6 is 0 Å². The van der Waals surface area contributed by atoms with Gasteiger partial charge in [0.2, 0.25) is 0 Å². The lowest BCUT2D eigenvalue weighted by Gasteiger charge is -2.10. The zero-order chi connectivity index (χ0) is 17.2. The minimum atomic E-state index is -4.21. The molecule has 9 heteroatoms. The van der Waals surface area contributed by atoms with E-state index in [-0.39, 0.29) is 22.1 Å². The standard InChI is InChI=1S/C14H12N2O6S/c1-9-7-12(17)8-10(2)14(9)15-22-23(20,21)13-5-3-11(4-6-13)16(18)19/h3-8H,1-2H3. The molecule has 2 rings (SSSR count). The Morgan fingerprint density at radius 3 is 2.09 bits per heavy atom. The average molecular weight is 336 g/mol. The largest absolute Gasteiger partial charge is 0.358 e. The van der Waals surface area contributed by atoms with Crippen LogP contribution in [0.25, 0.3) is 0 Å². The lowest BCUT2D eigenvalue weighted by Crippen LogP contribution is -2.13. The molecule has 0 unspecified atom stereocenters. The van der Waals surface area contributed by atoms with Crippen molar-refractivity contribution in [1.82, 2.24) is 0 Å². The summed E-state index contributed by atoms with van der Waals surface area (Å²) in [4.78, 5) is 21.0. The number of nitrogens with zero attached hydrogens (tertiary/aromatic N) is 2. The molecule has 0 atom stereocenters. The first-order valence-electron chi connectivity index (χ1n) is 6.38. The molecule has 0 bridgehead atoms. The molecular weight excluding hydrogens is 324 g/mol. The first-order valence-corrected chi connectivity index (χ1v) is 7.79. The maximum atomic E-state index is 12.0.